The van der Waals surface area contributed by atoms with Gasteiger partial charge in [0, 0.05) is 12.2 Å². The van der Waals surface area contributed by atoms with E-state index in [1.165, 1.54) is 6.07 Å². The van der Waals surface area contributed by atoms with E-state index in [4.69, 9.17) is 4.74 Å². The summed E-state index contributed by atoms with van der Waals surface area (Å²) >= 11 is 0. The first-order valence-corrected chi connectivity index (χ1v) is 6.00. The van der Waals surface area contributed by atoms with Gasteiger partial charge in [0.05, 0.1) is 12.7 Å². The van der Waals surface area contributed by atoms with Gasteiger partial charge < -0.3 is 15.4 Å². The van der Waals surface area contributed by atoms with E-state index in [2.05, 4.69) is 10.6 Å². The highest BCUT2D eigenvalue weighted by atomic mass is 35.5. The van der Waals surface area contributed by atoms with Crippen molar-refractivity contribution in [3.63, 3.8) is 0 Å². The number of nitrogens with one attached hydrogen (secondary N) is 2. The van der Waals surface area contributed by atoms with Gasteiger partial charge in [-0.3, -0.25) is 4.79 Å². The average Bonchev–Trinajstić information content (AvgIpc) is 2.34. The second-order valence-corrected chi connectivity index (χ2v) is 4.46. The molecular formula is C13H18ClFN2O2. The van der Waals surface area contributed by atoms with Crippen LogP contribution in [0.5, 0.6) is 0 Å². The molecule has 0 aliphatic carbocycles. The first-order chi connectivity index (χ1) is 8.58. The number of carbonyl (C=O) groups is 1. The van der Waals surface area contributed by atoms with Gasteiger partial charge in [-0.2, -0.15) is 0 Å². The van der Waals surface area contributed by atoms with Crippen molar-refractivity contribution in [2.75, 3.05) is 18.5 Å². The lowest BCUT2D eigenvalue weighted by Gasteiger charge is -2.29. The van der Waals surface area contributed by atoms with E-state index in [9.17, 15) is 9.18 Å². The summed E-state index contributed by atoms with van der Waals surface area (Å²) in [6.07, 6.45) is -0.166. The average molecular weight is 289 g/mol. The highest BCUT2D eigenvalue weighted by Crippen LogP contribution is 2.15. The number of hydrogen-bond donors (Lipinski definition) is 2. The number of anilines is 1. The predicted octanol–water partition coefficient (Wildman–Crippen LogP) is 1.87. The Hall–Kier alpha value is -1.17. The van der Waals surface area contributed by atoms with Crippen molar-refractivity contribution in [1.29, 1.82) is 0 Å². The van der Waals surface area contributed by atoms with Crippen LogP contribution in [0.2, 0.25) is 0 Å². The van der Waals surface area contributed by atoms with Crippen LogP contribution in [0.4, 0.5) is 10.1 Å². The Morgan fingerprint density at radius 3 is 2.89 bits per heavy atom. The molecule has 0 saturated carbocycles. The van der Waals surface area contributed by atoms with E-state index >= 15 is 0 Å². The Morgan fingerprint density at radius 2 is 2.26 bits per heavy atom. The topological polar surface area (TPSA) is 50.4 Å². The molecule has 1 aromatic rings. The molecular weight excluding hydrogens is 271 g/mol. The van der Waals surface area contributed by atoms with Crippen molar-refractivity contribution in [2.45, 2.75) is 26.0 Å². The number of morpholine rings is 1. The molecule has 6 heteroatoms. The van der Waals surface area contributed by atoms with Crippen molar-refractivity contribution in [2.24, 2.45) is 0 Å². The summed E-state index contributed by atoms with van der Waals surface area (Å²) in [5, 5.41) is 5.87. The molecule has 19 heavy (non-hydrogen) atoms. The number of carbonyl (C=O) groups excluding carboxylic acids is 1. The Labute approximate surface area is 118 Å². The van der Waals surface area contributed by atoms with Crippen molar-refractivity contribution in [3.05, 3.63) is 29.6 Å². The lowest BCUT2D eigenvalue weighted by Crippen LogP contribution is -2.53. The van der Waals surface area contributed by atoms with Crippen LogP contribution in [-0.2, 0) is 9.53 Å². The molecule has 1 saturated heterocycles. The lowest BCUT2D eigenvalue weighted by atomic mass is 10.1. The summed E-state index contributed by atoms with van der Waals surface area (Å²) < 4.78 is 18.5. The van der Waals surface area contributed by atoms with E-state index < -0.39 is 0 Å². The maximum absolute atomic E-state index is 13.1. The van der Waals surface area contributed by atoms with Gasteiger partial charge in [0.25, 0.3) is 0 Å². The Kier molecular flexibility index (Phi) is 5.72. The maximum atomic E-state index is 13.1. The molecule has 0 unspecified atom stereocenters. The van der Waals surface area contributed by atoms with Crippen molar-refractivity contribution in [1.82, 2.24) is 5.32 Å². The van der Waals surface area contributed by atoms with Crippen LogP contribution in [0, 0.1) is 12.7 Å². The van der Waals surface area contributed by atoms with Crippen molar-refractivity contribution in [3.8, 4) is 0 Å². The number of ether oxygens (including phenoxy) is 1. The number of amides is 1. The van der Waals surface area contributed by atoms with Crippen LogP contribution in [0.15, 0.2) is 18.2 Å². The van der Waals surface area contributed by atoms with Gasteiger partial charge in [-0.05, 0) is 37.6 Å². The van der Waals surface area contributed by atoms with Crippen LogP contribution in [0.3, 0.4) is 0 Å². The van der Waals surface area contributed by atoms with Gasteiger partial charge in [0.15, 0.2) is 0 Å². The zero-order chi connectivity index (χ0) is 13.1. The summed E-state index contributed by atoms with van der Waals surface area (Å²) in [5.74, 6) is -0.436. The van der Waals surface area contributed by atoms with E-state index in [-0.39, 0.29) is 36.3 Å². The molecule has 0 bridgehead atoms. The highest BCUT2D eigenvalue weighted by Gasteiger charge is 2.28. The largest absolute Gasteiger partial charge is 0.375 e. The van der Waals surface area contributed by atoms with Crippen LogP contribution in [-0.4, -0.2) is 31.2 Å². The van der Waals surface area contributed by atoms with Crippen molar-refractivity contribution >= 4 is 24.0 Å². The summed E-state index contributed by atoms with van der Waals surface area (Å²) in [6, 6.07) is 4.14. The van der Waals surface area contributed by atoms with Gasteiger partial charge in [-0.25, -0.2) is 4.39 Å². The quantitative estimate of drug-likeness (QED) is 0.873. The Morgan fingerprint density at radius 1 is 1.53 bits per heavy atom. The predicted molar refractivity (Wildman–Crippen MR) is 74.2 cm³/mol. The van der Waals surface area contributed by atoms with Crippen molar-refractivity contribution < 1.29 is 13.9 Å². The fourth-order valence-electron chi connectivity index (χ4n) is 1.97. The number of hydrogen-bond acceptors (Lipinski definition) is 3. The van der Waals surface area contributed by atoms with Gasteiger partial charge in [0.2, 0.25) is 5.91 Å². The molecule has 1 heterocycles. The number of halogens is 2. The first kappa shape index (κ1) is 15.9. The zero-order valence-electron chi connectivity index (χ0n) is 10.9. The summed E-state index contributed by atoms with van der Waals surface area (Å²) in [4.78, 5) is 12.0. The maximum Gasteiger partial charge on any atom is 0.244 e. The van der Waals surface area contributed by atoms with Gasteiger partial charge >= 0.3 is 0 Å². The molecule has 1 aliphatic rings. The van der Waals surface area contributed by atoms with E-state index in [0.717, 1.165) is 0 Å². The molecule has 2 atom stereocenters. The van der Waals surface area contributed by atoms with Crippen LogP contribution in [0.25, 0.3) is 0 Å². The number of benzene rings is 1. The minimum atomic E-state index is -0.371. The molecule has 0 spiro atoms. The van der Waals surface area contributed by atoms with Crippen LogP contribution < -0.4 is 10.6 Å². The molecule has 0 aromatic heterocycles. The molecule has 2 rings (SSSR count). The van der Waals surface area contributed by atoms with Gasteiger partial charge in [0.1, 0.15) is 11.9 Å². The van der Waals surface area contributed by atoms with Crippen LogP contribution in [0.1, 0.15) is 12.5 Å². The van der Waals surface area contributed by atoms with E-state index in [1.54, 1.807) is 19.1 Å². The SMILES string of the molecule is Cc1cc(NC(=O)[C@H]2NCCO[C@@H]2C)ccc1F.Cl. The third kappa shape index (κ3) is 3.89. The minimum Gasteiger partial charge on any atom is -0.375 e. The highest BCUT2D eigenvalue weighted by molar-refractivity contribution is 5.95. The first-order valence-electron chi connectivity index (χ1n) is 6.00. The Balaban J connectivity index is 0.00000180. The summed E-state index contributed by atoms with van der Waals surface area (Å²) in [6.45, 7) is 4.79. The molecule has 1 aliphatic heterocycles. The molecule has 106 valence electrons. The molecule has 1 fully saturated rings. The Bertz CT molecular complexity index is 456. The lowest BCUT2D eigenvalue weighted by molar-refractivity contribution is -0.123. The molecule has 2 N–H and O–H groups in total. The molecule has 0 radical (unpaired) electrons. The molecule has 1 amide bonds. The molecule has 1 aromatic carbocycles. The zero-order valence-corrected chi connectivity index (χ0v) is 11.7. The summed E-state index contributed by atoms with van der Waals surface area (Å²) in [5.41, 5.74) is 1.10. The van der Waals surface area contributed by atoms with E-state index in [1.807, 2.05) is 6.92 Å². The standard InChI is InChI=1S/C13H17FN2O2.ClH/c1-8-7-10(3-4-11(8)14)16-13(17)12-9(2)18-6-5-15-12;/h3-4,7,9,12,15H,5-6H2,1-2H3,(H,16,17);1H/t9-,12+;/m1./s1. The minimum absolute atomic E-state index is 0. The third-order valence-corrected chi connectivity index (χ3v) is 3.02. The van der Waals surface area contributed by atoms with Gasteiger partial charge in [-0.15, -0.1) is 12.4 Å². The third-order valence-electron chi connectivity index (χ3n) is 3.02. The number of rotatable bonds is 2. The monoisotopic (exact) mass is 288 g/mol. The van der Waals surface area contributed by atoms with Crippen LogP contribution >= 0.6 is 12.4 Å². The molecule has 4 nitrogen and oxygen atoms in total. The van der Waals surface area contributed by atoms with E-state index in [0.29, 0.717) is 24.4 Å². The number of aryl methyl sites for hydroxylation is 1. The second-order valence-electron chi connectivity index (χ2n) is 4.46. The fraction of sp³-hybridized carbons (Fsp3) is 0.462. The van der Waals surface area contributed by atoms with Gasteiger partial charge in [-0.1, -0.05) is 0 Å². The smallest absolute Gasteiger partial charge is 0.244 e. The second kappa shape index (κ2) is 6.84. The fourth-order valence-corrected chi connectivity index (χ4v) is 1.97. The normalized spacial score (nSPS) is 22.5. The summed E-state index contributed by atoms with van der Waals surface area (Å²) in [7, 11) is 0.